The molecule has 0 bridgehead atoms. The molecular weight excluding hydrogens is 316 g/mol. The lowest BCUT2D eigenvalue weighted by Gasteiger charge is -1.98. The number of hydrogen-bond donors (Lipinski definition) is 0. The number of hydrogen-bond acceptors (Lipinski definition) is 7. The molecule has 0 spiro atoms. The van der Waals surface area contributed by atoms with Gasteiger partial charge in [-0.3, -0.25) is 9.59 Å². The van der Waals surface area contributed by atoms with Crippen LogP contribution < -0.4 is 4.74 Å². The maximum atomic E-state index is 12.0. The molecule has 0 radical (unpaired) electrons. The van der Waals surface area contributed by atoms with Gasteiger partial charge in [0.2, 0.25) is 5.78 Å². The Morgan fingerprint density at radius 3 is 2.70 bits per heavy atom. The summed E-state index contributed by atoms with van der Waals surface area (Å²) in [6, 6.07) is 10.8. The molecule has 3 rings (SSSR count). The van der Waals surface area contributed by atoms with Gasteiger partial charge in [-0.15, -0.1) is 16.4 Å². The molecule has 0 aliphatic carbocycles. The Morgan fingerprint density at radius 2 is 2.00 bits per heavy atom. The van der Waals surface area contributed by atoms with E-state index in [0.717, 1.165) is 5.56 Å². The summed E-state index contributed by atoms with van der Waals surface area (Å²) in [6.45, 7) is 1.23. The van der Waals surface area contributed by atoms with Crippen molar-refractivity contribution < 1.29 is 18.7 Å². The molecule has 0 aliphatic rings. The number of aromatic nitrogens is 2. The average Bonchev–Trinajstić information content (AvgIpc) is 3.23. The summed E-state index contributed by atoms with van der Waals surface area (Å²) < 4.78 is 10.6. The maximum Gasteiger partial charge on any atom is 0.415 e. The second kappa shape index (κ2) is 6.53. The SMILES string of the molecule is CC(=O)c1csc(C(=O)COc2nnc(-c3ccccc3)o2)c1. The van der Waals surface area contributed by atoms with Crippen molar-refractivity contribution in [2.24, 2.45) is 0 Å². The molecular formula is C16H12N2O4S. The fourth-order valence-corrected chi connectivity index (χ4v) is 2.70. The Bertz CT molecular complexity index is 839. The van der Waals surface area contributed by atoms with Gasteiger partial charge < -0.3 is 9.15 Å². The van der Waals surface area contributed by atoms with Crippen LogP contribution in [0.25, 0.3) is 11.5 Å². The zero-order chi connectivity index (χ0) is 16.2. The maximum absolute atomic E-state index is 12.0. The minimum atomic E-state index is -0.248. The molecule has 116 valence electrons. The number of carbonyl (C=O) groups excluding carboxylic acids is 2. The van der Waals surface area contributed by atoms with Gasteiger partial charge in [-0.2, -0.15) is 0 Å². The van der Waals surface area contributed by atoms with E-state index >= 15 is 0 Å². The highest BCUT2D eigenvalue weighted by molar-refractivity contribution is 7.12. The van der Waals surface area contributed by atoms with Crippen LogP contribution >= 0.6 is 11.3 Å². The van der Waals surface area contributed by atoms with Crippen LogP contribution in [0.4, 0.5) is 0 Å². The number of nitrogens with zero attached hydrogens (tertiary/aromatic N) is 2. The van der Waals surface area contributed by atoms with Crippen LogP contribution in [-0.4, -0.2) is 28.4 Å². The van der Waals surface area contributed by atoms with Crippen molar-refractivity contribution >= 4 is 22.9 Å². The van der Waals surface area contributed by atoms with E-state index < -0.39 is 0 Å². The van der Waals surface area contributed by atoms with Crippen molar-refractivity contribution in [3.63, 3.8) is 0 Å². The molecule has 0 N–H and O–H groups in total. The molecule has 23 heavy (non-hydrogen) atoms. The summed E-state index contributed by atoms with van der Waals surface area (Å²) in [5, 5.41) is 9.27. The number of ether oxygens (including phenoxy) is 1. The van der Waals surface area contributed by atoms with Crippen LogP contribution in [0.1, 0.15) is 27.0 Å². The van der Waals surface area contributed by atoms with Crippen LogP contribution in [0.2, 0.25) is 0 Å². The quantitative estimate of drug-likeness (QED) is 0.646. The summed E-state index contributed by atoms with van der Waals surface area (Å²) in [7, 11) is 0. The zero-order valence-electron chi connectivity index (χ0n) is 12.2. The van der Waals surface area contributed by atoms with E-state index in [0.29, 0.717) is 16.3 Å². The largest absolute Gasteiger partial charge is 0.441 e. The highest BCUT2D eigenvalue weighted by Crippen LogP contribution is 2.21. The summed E-state index contributed by atoms with van der Waals surface area (Å²) in [5.41, 5.74) is 1.29. The van der Waals surface area contributed by atoms with Crippen LogP contribution in [-0.2, 0) is 0 Å². The smallest absolute Gasteiger partial charge is 0.415 e. The van der Waals surface area contributed by atoms with Crippen molar-refractivity contribution in [1.82, 2.24) is 10.2 Å². The fourth-order valence-electron chi connectivity index (χ4n) is 1.83. The van der Waals surface area contributed by atoms with Gasteiger partial charge in [0.1, 0.15) is 0 Å². The fraction of sp³-hybridized carbons (Fsp3) is 0.125. The second-order valence-electron chi connectivity index (χ2n) is 4.71. The van der Waals surface area contributed by atoms with Gasteiger partial charge in [-0.25, -0.2) is 0 Å². The highest BCUT2D eigenvalue weighted by atomic mass is 32.1. The van der Waals surface area contributed by atoms with Gasteiger partial charge in [-0.05, 0) is 25.1 Å². The Morgan fingerprint density at radius 1 is 1.22 bits per heavy atom. The monoisotopic (exact) mass is 328 g/mol. The van der Waals surface area contributed by atoms with Crippen LogP contribution in [0.15, 0.2) is 46.2 Å². The van der Waals surface area contributed by atoms with Crippen LogP contribution in [0, 0.1) is 0 Å². The predicted octanol–water partition coefficient (Wildman–Crippen LogP) is 3.26. The van der Waals surface area contributed by atoms with Crippen LogP contribution in [0.3, 0.4) is 0 Å². The number of rotatable bonds is 6. The third-order valence-electron chi connectivity index (χ3n) is 3.03. The molecule has 3 aromatic rings. The van der Waals surface area contributed by atoms with Crippen molar-refractivity contribution in [3.8, 4) is 17.5 Å². The highest BCUT2D eigenvalue weighted by Gasteiger charge is 2.15. The number of thiophene rings is 1. The zero-order valence-corrected chi connectivity index (χ0v) is 13.0. The lowest BCUT2D eigenvalue weighted by molar-refractivity contribution is 0.0898. The van der Waals surface area contributed by atoms with Crippen molar-refractivity contribution in [2.75, 3.05) is 6.61 Å². The molecule has 6 nitrogen and oxygen atoms in total. The normalized spacial score (nSPS) is 10.5. The molecule has 7 heteroatoms. The van der Waals surface area contributed by atoms with Gasteiger partial charge in [0, 0.05) is 16.5 Å². The molecule has 0 saturated carbocycles. The minimum Gasteiger partial charge on any atom is -0.441 e. The first-order valence-electron chi connectivity index (χ1n) is 6.78. The summed E-state index contributed by atoms with van der Waals surface area (Å²) in [4.78, 5) is 23.7. The van der Waals surface area contributed by atoms with Gasteiger partial charge >= 0.3 is 6.08 Å². The number of ketones is 2. The Kier molecular flexibility index (Phi) is 4.29. The first kappa shape index (κ1) is 15.1. The lowest BCUT2D eigenvalue weighted by atomic mass is 10.2. The third-order valence-corrected chi connectivity index (χ3v) is 4.01. The Balaban J connectivity index is 1.63. The molecule has 0 atom stereocenters. The topological polar surface area (TPSA) is 82.3 Å². The summed E-state index contributed by atoms with van der Waals surface area (Å²) in [5.74, 6) is -0.00405. The van der Waals surface area contributed by atoms with Gasteiger partial charge in [0.15, 0.2) is 12.4 Å². The van der Waals surface area contributed by atoms with E-state index in [9.17, 15) is 9.59 Å². The van der Waals surface area contributed by atoms with E-state index in [-0.39, 0.29) is 24.3 Å². The average molecular weight is 328 g/mol. The number of benzene rings is 1. The second-order valence-corrected chi connectivity index (χ2v) is 5.62. The van der Waals surface area contributed by atoms with E-state index in [1.807, 2.05) is 30.3 Å². The van der Waals surface area contributed by atoms with Gasteiger partial charge in [0.05, 0.1) is 4.88 Å². The number of carbonyl (C=O) groups is 2. The van der Waals surface area contributed by atoms with E-state index in [1.165, 1.54) is 18.3 Å². The minimum absolute atomic E-state index is 0.0689. The number of Topliss-reactive ketones (excluding diaryl/α,β-unsaturated/α-hetero) is 2. The molecule has 0 saturated heterocycles. The molecule has 2 aromatic heterocycles. The standard InChI is InChI=1S/C16H12N2O4S/c1-10(19)12-7-14(23-9-12)13(20)8-21-16-18-17-15(22-16)11-5-3-2-4-6-11/h2-7,9H,8H2,1H3. The molecule has 2 heterocycles. The van der Waals surface area contributed by atoms with Crippen LogP contribution in [0.5, 0.6) is 6.08 Å². The van der Waals surface area contributed by atoms with E-state index in [1.54, 1.807) is 11.4 Å². The van der Waals surface area contributed by atoms with E-state index in [4.69, 9.17) is 9.15 Å². The Labute approximate surface area is 135 Å². The molecule has 0 amide bonds. The first-order valence-corrected chi connectivity index (χ1v) is 7.66. The van der Waals surface area contributed by atoms with Gasteiger partial charge in [0.25, 0.3) is 5.89 Å². The molecule has 1 aromatic carbocycles. The van der Waals surface area contributed by atoms with E-state index in [2.05, 4.69) is 10.2 Å². The molecule has 0 fully saturated rings. The van der Waals surface area contributed by atoms with Crippen molar-refractivity contribution in [2.45, 2.75) is 6.92 Å². The van der Waals surface area contributed by atoms with Crippen molar-refractivity contribution in [3.05, 3.63) is 52.2 Å². The Hall–Kier alpha value is -2.80. The van der Waals surface area contributed by atoms with Crippen molar-refractivity contribution in [1.29, 1.82) is 0 Å². The van der Waals surface area contributed by atoms with Gasteiger partial charge in [-0.1, -0.05) is 23.3 Å². The lowest BCUT2D eigenvalue weighted by Crippen LogP contribution is -2.10. The third kappa shape index (κ3) is 3.51. The predicted molar refractivity (Wildman–Crippen MR) is 83.9 cm³/mol. The summed E-state index contributed by atoms with van der Waals surface area (Å²) in [6.07, 6.45) is -0.0689. The summed E-state index contributed by atoms with van der Waals surface area (Å²) >= 11 is 1.21. The molecule has 0 unspecified atom stereocenters. The molecule has 0 aliphatic heterocycles. The first-order chi connectivity index (χ1) is 11.1.